The summed E-state index contributed by atoms with van der Waals surface area (Å²) >= 11 is 0. The van der Waals surface area contributed by atoms with Gasteiger partial charge in [0, 0.05) is 52.8 Å². The zero-order chi connectivity index (χ0) is 22.8. The zero-order valence-corrected chi connectivity index (χ0v) is 19.2. The van der Waals surface area contributed by atoms with Gasteiger partial charge in [-0.25, -0.2) is 0 Å². The number of ether oxygens (including phenoxy) is 4. The van der Waals surface area contributed by atoms with E-state index in [1.54, 1.807) is 30.1 Å². The minimum absolute atomic E-state index is 0.00372. The third kappa shape index (κ3) is 6.96. The van der Waals surface area contributed by atoms with Crippen LogP contribution in [0.15, 0.2) is 18.5 Å². The first-order valence-corrected chi connectivity index (χ1v) is 11.4. The van der Waals surface area contributed by atoms with Crippen LogP contribution in [0.2, 0.25) is 0 Å². The number of carbonyl (C=O) groups is 2. The van der Waals surface area contributed by atoms with Crippen molar-refractivity contribution >= 4 is 11.8 Å². The highest BCUT2D eigenvalue weighted by molar-refractivity contribution is 5.99. The number of carbonyl (C=O) groups excluding carboxylic acids is 2. The Bertz CT molecular complexity index is 689. The van der Waals surface area contributed by atoms with Crippen LogP contribution in [0.5, 0.6) is 0 Å². The molecule has 32 heavy (non-hydrogen) atoms. The molecule has 3 rings (SSSR count). The van der Waals surface area contributed by atoms with E-state index in [0.717, 1.165) is 25.7 Å². The molecule has 0 bridgehead atoms. The van der Waals surface area contributed by atoms with Gasteiger partial charge in [0.05, 0.1) is 49.8 Å². The molecule has 2 atom stereocenters. The van der Waals surface area contributed by atoms with Crippen LogP contribution in [-0.2, 0) is 18.9 Å². The normalized spacial score (nSPS) is 21.6. The minimum atomic E-state index is -0.119. The molecule has 9 heteroatoms. The number of amides is 2. The molecule has 178 valence electrons. The molecular weight excluding hydrogens is 414 g/mol. The smallest absolute Gasteiger partial charge is 0.255 e. The molecule has 2 fully saturated rings. The number of hydrogen-bond donors (Lipinski definition) is 0. The van der Waals surface area contributed by atoms with Crippen LogP contribution in [-0.4, -0.2) is 106 Å². The molecule has 2 amide bonds. The van der Waals surface area contributed by atoms with Gasteiger partial charge in [0.1, 0.15) is 0 Å². The minimum Gasteiger partial charge on any atom is -0.382 e. The Morgan fingerprint density at radius 1 is 0.844 bits per heavy atom. The van der Waals surface area contributed by atoms with Crippen LogP contribution in [0.1, 0.15) is 46.4 Å². The topological polar surface area (TPSA) is 90.4 Å². The summed E-state index contributed by atoms with van der Waals surface area (Å²) < 4.78 is 21.7. The summed E-state index contributed by atoms with van der Waals surface area (Å²) in [7, 11) is 3.28. The van der Waals surface area contributed by atoms with Gasteiger partial charge >= 0.3 is 0 Å². The second-order valence-corrected chi connectivity index (χ2v) is 8.22. The van der Waals surface area contributed by atoms with Crippen molar-refractivity contribution in [3.63, 3.8) is 0 Å². The van der Waals surface area contributed by atoms with Crippen LogP contribution < -0.4 is 0 Å². The Hall–Kier alpha value is -2.07. The Morgan fingerprint density at radius 2 is 1.31 bits per heavy atom. The van der Waals surface area contributed by atoms with Crippen molar-refractivity contribution in [2.24, 2.45) is 0 Å². The standard InChI is InChI=1S/C23H35N3O6/c1-29-9-11-31-20-5-3-7-25(16-20)22(27)18-13-19(15-24-14-18)23(28)26-8-4-6-21(17-26)32-12-10-30-2/h13-15,20-21H,3-12,16-17H2,1-2H3. The summed E-state index contributed by atoms with van der Waals surface area (Å²) in [6.07, 6.45) is 6.68. The predicted octanol–water partition coefficient (Wildman–Crippen LogP) is 1.62. The summed E-state index contributed by atoms with van der Waals surface area (Å²) in [5, 5.41) is 0. The molecule has 0 radical (unpaired) electrons. The first kappa shape index (κ1) is 24.6. The molecule has 0 spiro atoms. The lowest BCUT2D eigenvalue weighted by Gasteiger charge is -2.33. The fourth-order valence-electron chi connectivity index (χ4n) is 4.15. The highest BCUT2D eigenvalue weighted by Crippen LogP contribution is 2.19. The summed E-state index contributed by atoms with van der Waals surface area (Å²) in [6, 6.07) is 1.66. The van der Waals surface area contributed by atoms with Gasteiger partial charge in [-0.15, -0.1) is 0 Å². The molecule has 1 aromatic rings. The number of nitrogens with zero attached hydrogens (tertiary/aromatic N) is 3. The Balaban J connectivity index is 1.59. The maximum atomic E-state index is 13.1. The summed E-state index contributed by atoms with van der Waals surface area (Å²) in [4.78, 5) is 33.9. The second kappa shape index (κ2) is 12.8. The number of likely N-dealkylation sites (tertiary alicyclic amines) is 2. The fraction of sp³-hybridized carbons (Fsp3) is 0.696. The molecule has 0 N–H and O–H groups in total. The van der Waals surface area contributed by atoms with Crippen LogP contribution in [0, 0.1) is 0 Å². The number of methoxy groups -OCH3 is 2. The second-order valence-electron chi connectivity index (χ2n) is 8.22. The van der Waals surface area contributed by atoms with E-state index < -0.39 is 0 Å². The van der Waals surface area contributed by atoms with Crippen molar-refractivity contribution in [2.75, 3.05) is 66.8 Å². The SMILES string of the molecule is COCCOC1CCCN(C(=O)c2cncc(C(=O)N3CCCC(OCCOC)C3)c2)C1. The van der Waals surface area contributed by atoms with Gasteiger partial charge in [-0.3, -0.25) is 14.6 Å². The van der Waals surface area contributed by atoms with Gasteiger partial charge in [-0.2, -0.15) is 0 Å². The number of rotatable bonds is 10. The molecule has 2 unspecified atom stereocenters. The molecule has 2 saturated heterocycles. The molecule has 0 saturated carbocycles. The number of aromatic nitrogens is 1. The largest absolute Gasteiger partial charge is 0.382 e. The number of piperidine rings is 2. The Kier molecular flexibility index (Phi) is 9.86. The highest BCUT2D eigenvalue weighted by Gasteiger charge is 2.28. The van der Waals surface area contributed by atoms with E-state index in [4.69, 9.17) is 18.9 Å². The third-order valence-corrected chi connectivity index (χ3v) is 5.84. The zero-order valence-electron chi connectivity index (χ0n) is 19.2. The predicted molar refractivity (Wildman–Crippen MR) is 118 cm³/mol. The van der Waals surface area contributed by atoms with Crippen molar-refractivity contribution < 1.29 is 28.5 Å². The fourth-order valence-corrected chi connectivity index (χ4v) is 4.15. The monoisotopic (exact) mass is 449 g/mol. The molecule has 0 aromatic carbocycles. The van der Waals surface area contributed by atoms with Crippen molar-refractivity contribution in [2.45, 2.75) is 37.9 Å². The third-order valence-electron chi connectivity index (χ3n) is 5.84. The molecule has 3 heterocycles. The van der Waals surface area contributed by atoms with Gasteiger partial charge < -0.3 is 28.7 Å². The van der Waals surface area contributed by atoms with Gasteiger partial charge in [0.25, 0.3) is 11.8 Å². The van der Waals surface area contributed by atoms with Crippen molar-refractivity contribution in [3.8, 4) is 0 Å². The van der Waals surface area contributed by atoms with Crippen molar-refractivity contribution in [1.29, 1.82) is 0 Å². The van der Waals surface area contributed by atoms with Gasteiger partial charge in [-0.1, -0.05) is 0 Å². The molecule has 2 aliphatic rings. The van der Waals surface area contributed by atoms with E-state index in [-0.39, 0.29) is 24.0 Å². The lowest BCUT2D eigenvalue weighted by Crippen LogP contribution is -2.44. The van der Waals surface area contributed by atoms with E-state index in [2.05, 4.69) is 4.98 Å². The van der Waals surface area contributed by atoms with Gasteiger partial charge in [0.15, 0.2) is 0 Å². The molecule has 1 aromatic heterocycles. The maximum Gasteiger partial charge on any atom is 0.255 e. The van der Waals surface area contributed by atoms with Crippen molar-refractivity contribution in [3.05, 3.63) is 29.6 Å². The lowest BCUT2D eigenvalue weighted by molar-refractivity contribution is -0.0174. The summed E-state index contributed by atoms with van der Waals surface area (Å²) in [6.45, 7) is 4.52. The first-order valence-electron chi connectivity index (χ1n) is 11.4. The van der Waals surface area contributed by atoms with Gasteiger partial charge in [0.2, 0.25) is 0 Å². The summed E-state index contributed by atoms with van der Waals surface area (Å²) in [5.41, 5.74) is 0.858. The van der Waals surface area contributed by atoms with E-state index in [0.29, 0.717) is 63.7 Å². The molecule has 0 aliphatic carbocycles. The molecule has 9 nitrogen and oxygen atoms in total. The van der Waals surface area contributed by atoms with E-state index in [1.165, 1.54) is 12.4 Å². The molecule has 2 aliphatic heterocycles. The van der Waals surface area contributed by atoms with Crippen molar-refractivity contribution in [1.82, 2.24) is 14.8 Å². The average molecular weight is 450 g/mol. The Morgan fingerprint density at radius 3 is 1.75 bits per heavy atom. The first-order chi connectivity index (χ1) is 15.6. The van der Waals surface area contributed by atoms with E-state index in [1.807, 2.05) is 0 Å². The van der Waals surface area contributed by atoms with Crippen LogP contribution in [0.4, 0.5) is 0 Å². The lowest BCUT2D eigenvalue weighted by atomic mass is 10.1. The van der Waals surface area contributed by atoms with Crippen LogP contribution >= 0.6 is 0 Å². The van der Waals surface area contributed by atoms with Crippen LogP contribution in [0.25, 0.3) is 0 Å². The number of hydrogen-bond acceptors (Lipinski definition) is 7. The Labute approximate surface area is 190 Å². The van der Waals surface area contributed by atoms with E-state index in [9.17, 15) is 9.59 Å². The molecular formula is C23H35N3O6. The van der Waals surface area contributed by atoms with Crippen LogP contribution in [0.3, 0.4) is 0 Å². The van der Waals surface area contributed by atoms with E-state index >= 15 is 0 Å². The maximum absolute atomic E-state index is 13.1. The average Bonchev–Trinajstić information content (AvgIpc) is 2.84. The number of pyridine rings is 1. The highest BCUT2D eigenvalue weighted by atomic mass is 16.5. The summed E-state index contributed by atoms with van der Waals surface area (Å²) in [5.74, 6) is -0.238. The quantitative estimate of drug-likeness (QED) is 0.501. The van der Waals surface area contributed by atoms with Gasteiger partial charge in [-0.05, 0) is 31.7 Å².